The molecule has 0 atom stereocenters. The van der Waals surface area contributed by atoms with Crippen LogP contribution in [0.1, 0.15) is 32.6 Å². The first-order valence-electron chi connectivity index (χ1n) is 10.8. The molecule has 0 bridgehead atoms. The normalized spacial score (nSPS) is 20.7. The van der Waals surface area contributed by atoms with E-state index in [0.717, 1.165) is 42.3 Å². The number of halogens is 2. The van der Waals surface area contributed by atoms with Crippen LogP contribution >= 0.6 is 0 Å². The van der Waals surface area contributed by atoms with Gasteiger partial charge in [0.2, 0.25) is 0 Å². The number of nitrogens with zero attached hydrogens (tertiary/aromatic N) is 4. The molecule has 178 valence electrons. The van der Waals surface area contributed by atoms with Crippen LogP contribution < -0.4 is 35.1 Å². The Balaban J connectivity index is 1.59. The van der Waals surface area contributed by atoms with Gasteiger partial charge in [0, 0.05) is 0 Å². The van der Waals surface area contributed by atoms with Crippen molar-refractivity contribution in [2.24, 2.45) is 5.11 Å². The van der Waals surface area contributed by atoms with Crippen LogP contribution in [0.3, 0.4) is 0 Å². The predicted octanol–water partition coefficient (Wildman–Crippen LogP) is 1.56. The van der Waals surface area contributed by atoms with E-state index in [1.165, 1.54) is 0 Å². The maximum atomic E-state index is 12.7. The summed E-state index contributed by atoms with van der Waals surface area (Å²) in [6, 6.07) is 7.35. The fourth-order valence-corrected chi connectivity index (χ4v) is 6.16. The second-order valence-electron chi connectivity index (χ2n) is 8.30. The minimum absolute atomic E-state index is 0.144. The Morgan fingerprint density at radius 2 is 2.15 bits per heavy atom. The van der Waals surface area contributed by atoms with E-state index < -0.39 is 12.3 Å². The van der Waals surface area contributed by atoms with Gasteiger partial charge in [0.15, 0.2) is 0 Å². The molecule has 2 heterocycles. The molecule has 9 nitrogen and oxygen atoms in total. The zero-order chi connectivity index (χ0) is 23.4. The molecule has 4 N–H and O–H groups in total. The van der Waals surface area contributed by atoms with E-state index in [0.29, 0.717) is 27.1 Å². The number of hydrogen-bond acceptors (Lipinski definition) is 8. The molecule has 0 amide bonds. The predicted molar refractivity (Wildman–Crippen MR) is 121 cm³/mol. The monoisotopic (exact) mass is 568 g/mol. The molecular weight excluding hydrogens is 540 g/mol. The first kappa shape index (κ1) is 23.6. The number of hydrogen-bond donors (Lipinski definition) is 4. The Morgan fingerprint density at radius 3 is 2.85 bits per heavy atom. The van der Waals surface area contributed by atoms with Crippen molar-refractivity contribution >= 4 is 22.8 Å². The third-order valence-electron chi connectivity index (χ3n) is 5.80. The standard InChI is InChI=1S/C22H28FIN7O2/c1-22(32)8-5-15(6-9-22)24-28-21-27-20(33-2)19-16(7-12-31(19)30-21)14-3-4-17(29-25)18(13-14)26-11-10-23/h3-4,7,12-13,15,25-26,32H,5-6,8-11H2,1-2H3,(H,28,30)/q-1. The summed E-state index contributed by atoms with van der Waals surface area (Å²) < 4.78 is 24.0. The molecule has 11 heteroatoms. The van der Waals surface area contributed by atoms with Crippen molar-refractivity contribution < 1.29 is 35.7 Å². The van der Waals surface area contributed by atoms with Crippen LogP contribution in [0.4, 0.5) is 21.7 Å². The van der Waals surface area contributed by atoms with Crippen LogP contribution in [0.15, 0.2) is 35.6 Å². The van der Waals surface area contributed by atoms with Gasteiger partial charge in [-0.1, -0.05) is 0 Å². The Bertz CT molecular complexity index is 1130. The second kappa shape index (κ2) is 10.2. The van der Waals surface area contributed by atoms with Gasteiger partial charge < -0.3 is 0 Å². The van der Waals surface area contributed by atoms with Crippen molar-refractivity contribution in [1.82, 2.24) is 14.6 Å². The molecule has 0 saturated heterocycles. The summed E-state index contributed by atoms with van der Waals surface area (Å²) in [5.74, 6) is 0.982. The zero-order valence-electron chi connectivity index (χ0n) is 18.6. The fourth-order valence-electron chi connectivity index (χ4n) is 3.97. The molecule has 1 aliphatic rings. The van der Waals surface area contributed by atoms with E-state index in [1.54, 1.807) is 17.7 Å². The van der Waals surface area contributed by atoms with Gasteiger partial charge in [0.1, 0.15) is 0 Å². The van der Waals surface area contributed by atoms with Crippen molar-refractivity contribution in [3.05, 3.63) is 30.5 Å². The Hall–Kier alpha value is -2.54. The molecule has 0 radical (unpaired) electrons. The molecule has 1 aliphatic carbocycles. The van der Waals surface area contributed by atoms with E-state index in [-0.39, 0.29) is 28.0 Å². The number of benzene rings is 1. The Labute approximate surface area is 202 Å². The molecule has 0 spiro atoms. The van der Waals surface area contributed by atoms with Crippen LogP contribution in [0.2, 0.25) is 0 Å². The molecule has 1 saturated carbocycles. The van der Waals surface area contributed by atoms with E-state index in [4.69, 9.17) is 10.3 Å². The van der Waals surface area contributed by atoms with E-state index in [2.05, 4.69) is 24.0 Å². The molecule has 2 aromatic heterocycles. The van der Waals surface area contributed by atoms with Gasteiger partial charge in [-0.15, -0.1) is 0 Å². The molecular formula is C22H28FIN7O2-. The molecule has 4 rings (SSSR count). The van der Waals surface area contributed by atoms with Gasteiger partial charge in [-0.3, -0.25) is 0 Å². The number of methoxy groups -OCH3 is 1. The van der Waals surface area contributed by atoms with Crippen LogP contribution in [-0.2, 0) is 0 Å². The summed E-state index contributed by atoms with van der Waals surface area (Å²) in [6.07, 6.45) is 5.54. The molecule has 3 aromatic rings. The van der Waals surface area contributed by atoms with E-state index >= 15 is 0 Å². The summed E-state index contributed by atoms with van der Waals surface area (Å²) in [6.45, 7) is 1.54. The number of rotatable bonds is 9. The third kappa shape index (κ3) is 5.35. The molecule has 33 heavy (non-hydrogen) atoms. The number of nitrogens with one attached hydrogen (secondary N) is 3. The Morgan fingerprint density at radius 1 is 1.36 bits per heavy atom. The number of ether oxygens (including phenoxy) is 1. The number of alkyl halides is 2. The van der Waals surface area contributed by atoms with E-state index in [1.807, 2.05) is 31.3 Å². The summed E-state index contributed by atoms with van der Waals surface area (Å²) in [7, 11) is 1.58. The summed E-state index contributed by atoms with van der Waals surface area (Å²) in [5.41, 5.74) is 10.3. The third-order valence-corrected chi connectivity index (χ3v) is 8.72. The summed E-state index contributed by atoms with van der Waals surface area (Å²) in [4.78, 5) is 4.60. The van der Waals surface area contributed by atoms with E-state index in [9.17, 15) is 9.50 Å². The molecule has 1 aromatic carbocycles. The number of anilines is 2. The second-order valence-corrected chi connectivity index (χ2v) is 11.2. The number of aliphatic hydroxyl groups is 1. The summed E-state index contributed by atoms with van der Waals surface area (Å²) in [5, 5.41) is 21.3. The summed E-state index contributed by atoms with van der Waals surface area (Å²) >= 11 is -0.368. The number of aromatic nitrogens is 3. The quantitative estimate of drug-likeness (QED) is 0.135. The van der Waals surface area contributed by atoms with Crippen molar-refractivity contribution in [2.75, 3.05) is 29.2 Å². The average Bonchev–Trinajstić information content (AvgIpc) is 3.25. The topological polar surface area (TPSA) is 120 Å². The maximum absolute atomic E-state index is 12.7. The zero-order valence-corrected chi connectivity index (χ0v) is 20.8. The van der Waals surface area contributed by atoms with Gasteiger partial charge in [0.05, 0.1) is 0 Å². The van der Waals surface area contributed by atoms with Crippen LogP contribution in [-0.4, -0.2) is 49.6 Å². The molecule has 0 aliphatic heterocycles. The van der Waals surface area contributed by atoms with Gasteiger partial charge in [-0.2, -0.15) is 0 Å². The molecule has 1 fully saturated rings. The van der Waals surface area contributed by atoms with Crippen LogP contribution in [0.5, 0.6) is 5.88 Å². The van der Waals surface area contributed by atoms with Gasteiger partial charge in [-0.25, -0.2) is 4.39 Å². The van der Waals surface area contributed by atoms with Crippen molar-refractivity contribution in [2.45, 2.75) is 42.1 Å². The van der Waals surface area contributed by atoms with Crippen molar-refractivity contribution in [1.29, 1.82) is 5.53 Å². The average molecular weight is 568 g/mol. The first-order valence-corrected chi connectivity index (χ1v) is 13.1. The minimum atomic E-state index is -0.533. The molecule has 0 unspecified atom stereocenters. The SMILES string of the molecule is COc1nc(N[I-]C2CCC(C)(O)CC2)nn2ccc(-c3ccc(N=N)c(NCCF)c3)c12. The Kier molecular flexibility index (Phi) is 7.27. The first-order chi connectivity index (χ1) is 15.9. The van der Waals surface area contributed by atoms with Crippen molar-refractivity contribution in [3.63, 3.8) is 0 Å². The van der Waals surface area contributed by atoms with Crippen molar-refractivity contribution in [3.8, 4) is 17.0 Å². The fraction of sp³-hybridized carbons (Fsp3) is 0.455. The van der Waals surface area contributed by atoms with Gasteiger partial charge >= 0.3 is 198 Å². The van der Waals surface area contributed by atoms with Gasteiger partial charge in [0.25, 0.3) is 0 Å². The van der Waals surface area contributed by atoms with Gasteiger partial charge in [-0.05, 0) is 0 Å². The van der Waals surface area contributed by atoms with Crippen LogP contribution in [0.25, 0.3) is 16.6 Å². The van der Waals surface area contributed by atoms with Crippen LogP contribution in [0, 0.1) is 5.53 Å². The number of fused-ring (bicyclic) bond motifs is 1.